The molecule has 1 aromatic carbocycles. The largest absolute Gasteiger partial charge is 0.392 e. The number of nitrogens with one attached hydrogen (secondary N) is 1. The van der Waals surface area contributed by atoms with Gasteiger partial charge < -0.3 is 15.3 Å². The van der Waals surface area contributed by atoms with E-state index in [-0.39, 0.29) is 12.1 Å². The van der Waals surface area contributed by atoms with E-state index in [4.69, 9.17) is 0 Å². The van der Waals surface area contributed by atoms with Gasteiger partial charge in [0, 0.05) is 13.6 Å². The Bertz CT molecular complexity index is 542. The van der Waals surface area contributed by atoms with E-state index in [1.165, 1.54) is 36.0 Å². The molecule has 3 unspecified atom stereocenters. The second kappa shape index (κ2) is 5.68. The normalized spacial score (nSPS) is 24.3. The lowest BCUT2D eigenvalue weighted by Crippen LogP contribution is -2.41. The van der Waals surface area contributed by atoms with Crippen LogP contribution in [0.4, 0.5) is 4.79 Å². The molecule has 114 valence electrons. The zero-order chi connectivity index (χ0) is 15.0. The highest BCUT2D eigenvalue weighted by Gasteiger charge is 2.35. The predicted octanol–water partition coefficient (Wildman–Crippen LogP) is 2.57. The maximum atomic E-state index is 12.2. The molecule has 4 nitrogen and oxygen atoms in total. The van der Waals surface area contributed by atoms with Crippen LogP contribution in [0.25, 0.3) is 0 Å². The number of carbonyl (C=O) groups excluding carboxylic acids is 1. The minimum atomic E-state index is -0.502. The lowest BCUT2D eigenvalue weighted by atomic mass is 9.84. The average molecular weight is 288 g/mol. The van der Waals surface area contributed by atoms with Crippen LogP contribution in [0.2, 0.25) is 0 Å². The molecule has 2 N–H and O–H groups in total. The lowest BCUT2D eigenvalue weighted by Gasteiger charge is -2.22. The Balaban J connectivity index is 1.75. The van der Waals surface area contributed by atoms with Crippen LogP contribution in [-0.2, 0) is 6.42 Å². The minimum Gasteiger partial charge on any atom is -0.392 e. The summed E-state index contributed by atoms with van der Waals surface area (Å²) in [5.41, 5.74) is 4.26. The summed E-state index contributed by atoms with van der Waals surface area (Å²) < 4.78 is 0. The quantitative estimate of drug-likeness (QED) is 0.898. The van der Waals surface area contributed by atoms with E-state index in [9.17, 15) is 9.90 Å². The van der Waals surface area contributed by atoms with Gasteiger partial charge in [-0.05, 0) is 55.2 Å². The summed E-state index contributed by atoms with van der Waals surface area (Å²) in [4.78, 5) is 13.8. The summed E-state index contributed by atoms with van der Waals surface area (Å²) in [5, 5.41) is 12.5. The van der Waals surface area contributed by atoms with E-state index in [2.05, 4.69) is 23.5 Å². The molecule has 3 rings (SSSR count). The highest BCUT2D eigenvalue weighted by molar-refractivity contribution is 5.74. The van der Waals surface area contributed by atoms with Crippen LogP contribution in [0.1, 0.15) is 54.8 Å². The fraction of sp³-hybridized carbons (Fsp3) is 0.588. The van der Waals surface area contributed by atoms with Crippen LogP contribution in [0.15, 0.2) is 18.2 Å². The van der Waals surface area contributed by atoms with Crippen molar-refractivity contribution in [2.24, 2.45) is 0 Å². The fourth-order valence-corrected chi connectivity index (χ4v) is 3.86. The van der Waals surface area contributed by atoms with E-state index in [1.807, 2.05) is 0 Å². The van der Waals surface area contributed by atoms with Crippen LogP contribution in [0.5, 0.6) is 0 Å². The Kier molecular flexibility index (Phi) is 3.89. The number of hydrogen-bond donors (Lipinski definition) is 2. The Morgan fingerprint density at radius 3 is 3.10 bits per heavy atom. The van der Waals surface area contributed by atoms with Gasteiger partial charge in [-0.15, -0.1) is 0 Å². The summed E-state index contributed by atoms with van der Waals surface area (Å²) >= 11 is 0. The first-order valence-electron chi connectivity index (χ1n) is 7.87. The van der Waals surface area contributed by atoms with Crippen molar-refractivity contribution >= 4 is 6.03 Å². The molecule has 2 aliphatic rings. The molecule has 0 heterocycles. The maximum Gasteiger partial charge on any atom is 0.317 e. The van der Waals surface area contributed by atoms with Crippen LogP contribution in [-0.4, -0.2) is 35.7 Å². The van der Waals surface area contributed by atoms with Gasteiger partial charge in [-0.2, -0.15) is 0 Å². The van der Waals surface area contributed by atoms with Crippen molar-refractivity contribution in [1.29, 1.82) is 0 Å². The second-order valence-electron chi connectivity index (χ2n) is 6.48. The molecule has 0 spiro atoms. The minimum absolute atomic E-state index is 0.0999. The van der Waals surface area contributed by atoms with E-state index in [1.54, 1.807) is 18.9 Å². The van der Waals surface area contributed by atoms with Gasteiger partial charge in [-0.25, -0.2) is 4.79 Å². The van der Waals surface area contributed by atoms with E-state index < -0.39 is 6.10 Å². The summed E-state index contributed by atoms with van der Waals surface area (Å²) in [7, 11) is 1.73. The van der Waals surface area contributed by atoms with Gasteiger partial charge >= 0.3 is 6.03 Å². The zero-order valence-corrected chi connectivity index (χ0v) is 12.8. The number of aliphatic hydroxyl groups is 1. The van der Waals surface area contributed by atoms with Crippen molar-refractivity contribution in [2.45, 2.75) is 50.7 Å². The van der Waals surface area contributed by atoms with E-state index in [0.29, 0.717) is 12.5 Å². The van der Waals surface area contributed by atoms with Crippen molar-refractivity contribution in [3.63, 3.8) is 0 Å². The molecule has 21 heavy (non-hydrogen) atoms. The highest BCUT2D eigenvalue weighted by Crippen LogP contribution is 2.47. The first kappa shape index (κ1) is 14.4. The predicted molar refractivity (Wildman–Crippen MR) is 82.3 cm³/mol. The fourth-order valence-electron chi connectivity index (χ4n) is 3.86. The monoisotopic (exact) mass is 288 g/mol. The molecule has 3 atom stereocenters. The number of aliphatic hydroxyl groups excluding tert-OH is 1. The van der Waals surface area contributed by atoms with Gasteiger partial charge in [-0.1, -0.05) is 18.2 Å². The Hall–Kier alpha value is -1.55. The first-order valence-corrected chi connectivity index (χ1v) is 7.87. The third kappa shape index (κ3) is 2.77. The summed E-state index contributed by atoms with van der Waals surface area (Å²) in [6.07, 6.45) is 4.17. The lowest BCUT2D eigenvalue weighted by molar-refractivity contribution is 0.142. The number of urea groups is 1. The molecule has 0 aliphatic heterocycles. The number of nitrogens with zero attached hydrogens (tertiary/aromatic N) is 1. The third-order valence-electron chi connectivity index (χ3n) is 4.72. The molecule has 2 aliphatic carbocycles. The second-order valence-corrected chi connectivity index (χ2v) is 6.48. The summed E-state index contributed by atoms with van der Waals surface area (Å²) in [5.74, 6) is 0.609. The van der Waals surface area contributed by atoms with Crippen LogP contribution in [0.3, 0.4) is 0 Å². The van der Waals surface area contributed by atoms with E-state index in [0.717, 1.165) is 6.42 Å². The number of hydrogen-bond acceptors (Lipinski definition) is 2. The Labute approximate surface area is 126 Å². The van der Waals surface area contributed by atoms with Gasteiger partial charge in [-0.3, -0.25) is 0 Å². The van der Waals surface area contributed by atoms with Crippen molar-refractivity contribution in [1.82, 2.24) is 10.2 Å². The van der Waals surface area contributed by atoms with E-state index >= 15 is 0 Å². The van der Waals surface area contributed by atoms with Crippen molar-refractivity contribution in [3.05, 3.63) is 34.9 Å². The first-order chi connectivity index (χ1) is 10.1. The van der Waals surface area contributed by atoms with Gasteiger partial charge in [0.15, 0.2) is 0 Å². The van der Waals surface area contributed by atoms with Gasteiger partial charge in [0.25, 0.3) is 0 Å². The summed E-state index contributed by atoms with van der Waals surface area (Å²) in [6.45, 7) is 2.05. The smallest absolute Gasteiger partial charge is 0.317 e. The Morgan fingerprint density at radius 1 is 1.52 bits per heavy atom. The maximum absolute atomic E-state index is 12.2. The van der Waals surface area contributed by atoms with Crippen LogP contribution >= 0.6 is 0 Å². The molecule has 0 aromatic heterocycles. The van der Waals surface area contributed by atoms with Crippen LogP contribution < -0.4 is 5.32 Å². The zero-order valence-electron chi connectivity index (χ0n) is 12.8. The molecule has 4 heteroatoms. The molecule has 0 fully saturated rings. The number of carbonyl (C=O) groups is 1. The third-order valence-corrected chi connectivity index (χ3v) is 4.72. The van der Waals surface area contributed by atoms with Crippen molar-refractivity contribution in [3.8, 4) is 0 Å². The molecule has 2 amide bonds. The molecule has 1 aromatic rings. The Morgan fingerprint density at radius 2 is 2.33 bits per heavy atom. The van der Waals surface area contributed by atoms with Gasteiger partial charge in [0.2, 0.25) is 0 Å². The van der Waals surface area contributed by atoms with Gasteiger partial charge in [0.05, 0.1) is 12.1 Å². The SMILES string of the molecule is CC(O)CN(C)C(=O)NC1CC2CCCc3cccc1c32. The molecular formula is C17H24N2O2. The molecular weight excluding hydrogens is 264 g/mol. The summed E-state index contributed by atoms with van der Waals surface area (Å²) in [6, 6.07) is 6.52. The number of benzene rings is 1. The topological polar surface area (TPSA) is 52.6 Å². The number of rotatable bonds is 3. The van der Waals surface area contributed by atoms with Crippen LogP contribution in [0, 0.1) is 0 Å². The standard InChI is InChI=1S/C17H24N2O2/c1-11(20)10-19(2)17(21)18-15-9-13-7-3-5-12-6-4-8-14(15)16(12)13/h4,6,8,11,13,15,20H,3,5,7,9-10H2,1-2H3,(H,18,21). The number of likely N-dealkylation sites (N-methyl/N-ethyl adjacent to an activating group) is 1. The molecule has 0 saturated carbocycles. The van der Waals surface area contributed by atoms with Crippen molar-refractivity contribution in [2.75, 3.05) is 13.6 Å². The number of amides is 2. The average Bonchev–Trinajstić information content (AvgIpc) is 2.79. The number of aryl methyl sites for hydroxylation is 1. The molecule has 0 bridgehead atoms. The van der Waals surface area contributed by atoms with Crippen molar-refractivity contribution < 1.29 is 9.90 Å². The van der Waals surface area contributed by atoms with Gasteiger partial charge in [0.1, 0.15) is 0 Å². The highest BCUT2D eigenvalue weighted by atomic mass is 16.3. The molecule has 0 saturated heterocycles. The molecule has 0 radical (unpaired) electrons.